The maximum absolute atomic E-state index is 11.6. The first-order chi connectivity index (χ1) is 9.38. The Kier molecular flexibility index (Phi) is 3.85. The maximum atomic E-state index is 11.6. The number of carbonyl (C=O) groups excluding carboxylic acids is 3. The number of hydrogen-bond acceptors (Lipinski definition) is 5. The molecule has 0 spiro atoms. The molecule has 2 amide bonds. The molecule has 0 aromatic heterocycles. The lowest BCUT2D eigenvalue weighted by molar-refractivity contribution is -0.139. The van der Waals surface area contributed by atoms with Gasteiger partial charge >= 0.3 is 0 Å². The first kappa shape index (κ1) is 14.2. The van der Waals surface area contributed by atoms with E-state index in [2.05, 4.69) is 5.32 Å². The van der Waals surface area contributed by atoms with Gasteiger partial charge in [0, 0.05) is 17.7 Å². The second-order valence-electron chi connectivity index (χ2n) is 4.89. The number of aromatic hydroxyl groups is 1. The van der Waals surface area contributed by atoms with E-state index in [0.717, 1.165) is 0 Å². The minimum atomic E-state index is -0.465. The molecule has 2 N–H and O–H groups in total. The van der Waals surface area contributed by atoms with Crippen LogP contribution < -0.4 is 5.32 Å². The van der Waals surface area contributed by atoms with Gasteiger partial charge in [-0.1, -0.05) is 0 Å². The van der Waals surface area contributed by atoms with Crippen molar-refractivity contribution in [3.8, 4) is 5.75 Å². The molecule has 1 heterocycles. The number of phenolic OH excluding ortho intramolecular Hbond substituents is 1. The topological polar surface area (TPSA) is 86.7 Å². The molecule has 1 aliphatic heterocycles. The molecule has 1 atom stereocenters. The van der Waals surface area contributed by atoms with Crippen molar-refractivity contribution < 1.29 is 19.5 Å². The van der Waals surface area contributed by atoms with E-state index >= 15 is 0 Å². The Morgan fingerprint density at radius 2 is 2.15 bits per heavy atom. The molecular weight excluding hydrogens is 260 g/mol. The standard InChI is InChI=1S/C14H16N2O4/c1-8-14(20)15-13(19)7-16(8)6-11-5-10(9(2)17)3-4-12(11)18/h3-5,8,18H,6-7H2,1-2H3,(H,15,19,20). The normalized spacial score (nSPS) is 19.8. The van der Waals surface area contributed by atoms with Gasteiger partial charge in [-0.05, 0) is 32.0 Å². The van der Waals surface area contributed by atoms with Gasteiger partial charge in [0.2, 0.25) is 11.8 Å². The van der Waals surface area contributed by atoms with Gasteiger partial charge in [0.15, 0.2) is 5.78 Å². The number of hydrogen-bond donors (Lipinski definition) is 2. The average molecular weight is 276 g/mol. The van der Waals surface area contributed by atoms with E-state index in [1.807, 2.05) is 0 Å². The third-order valence-corrected chi connectivity index (χ3v) is 3.40. The van der Waals surface area contributed by atoms with E-state index in [9.17, 15) is 19.5 Å². The Balaban J connectivity index is 2.24. The fourth-order valence-electron chi connectivity index (χ4n) is 2.11. The number of phenols is 1. The lowest BCUT2D eigenvalue weighted by atomic mass is 10.1. The van der Waals surface area contributed by atoms with Gasteiger partial charge in [0.1, 0.15) is 5.75 Å². The van der Waals surface area contributed by atoms with Gasteiger partial charge in [-0.2, -0.15) is 0 Å². The summed E-state index contributed by atoms with van der Waals surface area (Å²) in [5.41, 5.74) is 1.00. The quantitative estimate of drug-likeness (QED) is 0.618. The second-order valence-corrected chi connectivity index (χ2v) is 4.89. The van der Waals surface area contributed by atoms with Crippen molar-refractivity contribution in [2.24, 2.45) is 0 Å². The van der Waals surface area contributed by atoms with Crippen LogP contribution in [0, 0.1) is 0 Å². The molecule has 0 saturated carbocycles. The highest BCUT2D eigenvalue weighted by Gasteiger charge is 2.30. The summed E-state index contributed by atoms with van der Waals surface area (Å²) in [5.74, 6) is -0.786. The van der Waals surface area contributed by atoms with Crippen molar-refractivity contribution in [2.45, 2.75) is 26.4 Å². The van der Waals surface area contributed by atoms with Crippen molar-refractivity contribution in [3.05, 3.63) is 29.3 Å². The predicted octanol–water partition coefficient (Wildman–Crippen LogP) is 0.442. The number of nitrogens with one attached hydrogen (secondary N) is 1. The van der Waals surface area contributed by atoms with Crippen LogP contribution in [0.15, 0.2) is 18.2 Å². The Hall–Kier alpha value is -2.21. The number of Topliss-reactive ketones (excluding diaryl/α,β-unsaturated/α-hetero) is 1. The lowest BCUT2D eigenvalue weighted by Crippen LogP contribution is -2.56. The number of amides is 2. The average Bonchev–Trinajstić information content (AvgIpc) is 2.37. The highest BCUT2D eigenvalue weighted by Crippen LogP contribution is 2.22. The highest BCUT2D eigenvalue weighted by atomic mass is 16.3. The van der Waals surface area contributed by atoms with Gasteiger partial charge in [-0.3, -0.25) is 24.6 Å². The highest BCUT2D eigenvalue weighted by molar-refractivity contribution is 6.00. The van der Waals surface area contributed by atoms with Gasteiger partial charge < -0.3 is 5.11 Å². The molecule has 106 valence electrons. The van der Waals surface area contributed by atoms with Crippen molar-refractivity contribution in [2.75, 3.05) is 6.54 Å². The Morgan fingerprint density at radius 3 is 2.80 bits per heavy atom. The zero-order valence-corrected chi connectivity index (χ0v) is 11.3. The summed E-state index contributed by atoms with van der Waals surface area (Å²) in [5, 5.41) is 12.1. The molecule has 20 heavy (non-hydrogen) atoms. The second kappa shape index (κ2) is 5.42. The number of benzene rings is 1. The van der Waals surface area contributed by atoms with E-state index in [1.54, 1.807) is 24.0 Å². The van der Waals surface area contributed by atoms with Crippen molar-refractivity contribution in [1.29, 1.82) is 0 Å². The largest absolute Gasteiger partial charge is 0.508 e. The molecule has 0 aliphatic carbocycles. The summed E-state index contributed by atoms with van der Waals surface area (Å²) in [6.07, 6.45) is 0. The minimum Gasteiger partial charge on any atom is -0.508 e. The fraction of sp³-hybridized carbons (Fsp3) is 0.357. The van der Waals surface area contributed by atoms with Crippen LogP contribution in [0.1, 0.15) is 29.8 Å². The molecular formula is C14H16N2O4. The first-order valence-corrected chi connectivity index (χ1v) is 6.29. The van der Waals surface area contributed by atoms with Gasteiger partial charge in [-0.15, -0.1) is 0 Å². The Labute approximate surface area is 116 Å². The third-order valence-electron chi connectivity index (χ3n) is 3.40. The molecule has 6 nitrogen and oxygen atoms in total. The molecule has 1 unspecified atom stereocenters. The smallest absolute Gasteiger partial charge is 0.243 e. The van der Waals surface area contributed by atoms with Gasteiger partial charge in [0.05, 0.1) is 12.6 Å². The third kappa shape index (κ3) is 2.85. The van der Waals surface area contributed by atoms with Crippen molar-refractivity contribution in [1.82, 2.24) is 10.2 Å². The van der Waals surface area contributed by atoms with E-state index < -0.39 is 6.04 Å². The minimum absolute atomic E-state index is 0.0423. The zero-order valence-electron chi connectivity index (χ0n) is 11.3. The molecule has 1 aromatic carbocycles. The van der Waals surface area contributed by atoms with E-state index in [1.165, 1.54) is 13.0 Å². The molecule has 0 radical (unpaired) electrons. The Morgan fingerprint density at radius 1 is 1.45 bits per heavy atom. The predicted molar refractivity (Wildman–Crippen MR) is 71.1 cm³/mol. The zero-order chi connectivity index (χ0) is 14.9. The van der Waals surface area contributed by atoms with Gasteiger partial charge in [0.25, 0.3) is 0 Å². The van der Waals surface area contributed by atoms with Crippen LogP contribution in [0.3, 0.4) is 0 Å². The van der Waals surface area contributed by atoms with Crippen LogP contribution in [0.2, 0.25) is 0 Å². The number of carbonyl (C=O) groups is 3. The number of ketones is 1. The summed E-state index contributed by atoms with van der Waals surface area (Å²) < 4.78 is 0. The van der Waals surface area contributed by atoms with Crippen molar-refractivity contribution >= 4 is 17.6 Å². The van der Waals surface area contributed by atoms with E-state index in [0.29, 0.717) is 11.1 Å². The van der Waals surface area contributed by atoms with Gasteiger partial charge in [-0.25, -0.2) is 0 Å². The van der Waals surface area contributed by atoms with Crippen LogP contribution in [-0.4, -0.2) is 40.2 Å². The van der Waals surface area contributed by atoms with E-state index in [4.69, 9.17) is 0 Å². The molecule has 1 aromatic rings. The monoisotopic (exact) mass is 276 g/mol. The maximum Gasteiger partial charge on any atom is 0.243 e. The molecule has 6 heteroatoms. The molecule has 1 saturated heterocycles. The van der Waals surface area contributed by atoms with Crippen LogP contribution in [0.5, 0.6) is 5.75 Å². The van der Waals surface area contributed by atoms with Crippen molar-refractivity contribution in [3.63, 3.8) is 0 Å². The number of rotatable bonds is 3. The SMILES string of the molecule is CC(=O)c1ccc(O)c(CN2CC(=O)NC(=O)C2C)c1. The fourth-order valence-corrected chi connectivity index (χ4v) is 2.11. The summed E-state index contributed by atoms with van der Waals surface area (Å²) in [7, 11) is 0. The van der Waals surface area contributed by atoms with Crippen LogP contribution in [0.4, 0.5) is 0 Å². The number of piperazine rings is 1. The summed E-state index contributed by atoms with van der Waals surface area (Å²) in [6, 6.07) is 4.11. The number of nitrogens with zero attached hydrogens (tertiary/aromatic N) is 1. The molecule has 1 aliphatic rings. The summed E-state index contributed by atoms with van der Waals surface area (Å²) in [6.45, 7) is 3.44. The van der Waals surface area contributed by atoms with Crippen LogP contribution >= 0.6 is 0 Å². The van der Waals surface area contributed by atoms with Crippen LogP contribution in [-0.2, 0) is 16.1 Å². The first-order valence-electron chi connectivity index (χ1n) is 6.29. The summed E-state index contributed by atoms with van der Waals surface area (Å²) in [4.78, 5) is 36.0. The summed E-state index contributed by atoms with van der Waals surface area (Å²) >= 11 is 0. The molecule has 2 rings (SSSR count). The molecule has 0 bridgehead atoms. The van der Waals surface area contributed by atoms with Crippen LogP contribution in [0.25, 0.3) is 0 Å². The number of imide groups is 1. The van der Waals surface area contributed by atoms with E-state index in [-0.39, 0.29) is 36.4 Å². The Bertz CT molecular complexity index is 583. The lowest BCUT2D eigenvalue weighted by Gasteiger charge is -2.31. The molecule has 1 fully saturated rings.